The number of amides is 1. The summed E-state index contributed by atoms with van der Waals surface area (Å²) in [5.41, 5.74) is 6.27. The van der Waals surface area contributed by atoms with Crippen molar-refractivity contribution in [1.82, 2.24) is 4.98 Å². The molecular formula is C14H12F3N3O. The van der Waals surface area contributed by atoms with Gasteiger partial charge >= 0.3 is 6.18 Å². The molecule has 0 aliphatic carbocycles. The first-order valence-corrected chi connectivity index (χ1v) is 5.98. The van der Waals surface area contributed by atoms with Gasteiger partial charge in [-0.2, -0.15) is 13.2 Å². The van der Waals surface area contributed by atoms with Crippen LogP contribution in [0.1, 0.15) is 21.6 Å². The minimum Gasteiger partial charge on any atom is -0.398 e. The van der Waals surface area contributed by atoms with Crippen LogP contribution < -0.4 is 11.1 Å². The van der Waals surface area contributed by atoms with E-state index in [1.54, 1.807) is 19.1 Å². The molecule has 1 amide bonds. The number of alkyl halides is 3. The van der Waals surface area contributed by atoms with Gasteiger partial charge in [-0.1, -0.05) is 12.1 Å². The Balaban J connectivity index is 2.18. The molecule has 21 heavy (non-hydrogen) atoms. The van der Waals surface area contributed by atoms with Crippen molar-refractivity contribution in [2.75, 3.05) is 11.1 Å². The van der Waals surface area contributed by atoms with Gasteiger partial charge in [0.25, 0.3) is 5.91 Å². The Kier molecular flexibility index (Phi) is 3.84. The van der Waals surface area contributed by atoms with Crippen molar-refractivity contribution in [2.24, 2.45) is 0 Å². The van der Waals surface area contributed by atoms with Crippen molar-refractivity contribution in [3.05, 3.63) is 53.3 Å². The third-order valence-electron chi connectivity index (χ3n) is 2.88. The summed E-state index contributed by atoms with van der Waals surface area (Å²) in [7, 11) is 0. The first kappa shape index (κ1) is 14.8. The van der Waals surface area contributed by atoms with Crippen LogP contribution in [-0.2, 0) is 6.18 Å². The van der Waals surface area contributed by atoms with E-state index in [4.69, 9.17) is 5.73 Å². The standard InChI is InChI=1S/C14H12F3N3O/c1-8-3-2-4-10(12(8)18)13(21)20-9-5-6-11(19-7-9)14(15,16)17/h2-7H,18H2,1H3,(H,20,21). The van der Waals surface area contributed by atoms with E-state index in [2.05, 4.69) is 10.3 Å². The Bertz CT molecular complexity index is 666. The van der Waals surface area contributed by atoms with Crippen molar-refractivity contribution in [1.29, 1.82) is 0 Å². The molecule has 2 rings (SSSR count). The summed E-state index contributed by atoms with van der Waals surface area (Å²) in [5.74, 6) is -0.502. The maximum absolute atomic E-state index is 12.4. The maximum atomic E-state index is 12.4. The number of anilines is 2. The summed E-state index contributed by atoms with van der Waals surface area (Å²) in [6, 6.07) is 6.90. The number of aryl methyl sites for hydroxylation is 1. The lowest BCUT2D eigenvalue weighted by molar-refractivity contribution is -0.141. The minimum atomic E-state index is -4.51. The Morgan fingerprint density at radius 1 is 1.24 bits per heavy atom. The van der Waals surface area contributed by atoms with Crippen molar-refractivity contribution in [3.8, 4) is 0 Å². The molecule has 0 aliphatic rings. The first-order chi connectivity index (χ1) is 9.79. The van der Waals surface area contributed by atoms with Gasteiger partial charge in [0.1, 0.15) is 5.69 Å². The lowest BCUT2D eigenvalue weighted by atomic mass is 10.1. The van der Waals surface area contributed by atoms with E-state index in [0.29, 0.717) is 5.69 Å². The Hall–Kier alpha value is -2.57. The zero-order valence-corrected chi connectivity index (χ0v) is 11.0. The normalized spacial score (nSPS) is 11.2. The molecule has 3 N–H and O–H groups in total. The van der Waals surface area contributed by atoms with E-state index < -0.39 is 17.8 Å². The largest absolute Gasteiger partial charge is 0.433 e. The molecule has 1 aromatic heterocycles. The molecule has 7 heteroatoms. The lowest BCUT2D eigenvalue weighted by Crippen LogP contribution is -2.15. The molecule has 0 atom stereocenters. The van der Waals surface area contributed by atoms with Gasteiger partial charge in [0.2, 0.25) is 0 Å². The molecule has 0 bridgehead atoms. The number of benzene rings is 1. The molecule has 1 aromatic carbocycles. The van der Waals surface area contributed by atoms with Crippen LogP contribution in [-0.4, -0.2) is 10.9 Å². The fourth-order valence-electron chi connectivity index (χ4n) is 1.71. The number of nitrogens with zero attached hydrogens (tertiary/aromatic N) is 1. The Morgan fingerprint density at radius 3 is 2.52 bits per heavy atom. The van der Waals surface area contributed by atoms with Crippen LogP contribution in [0.2, 0.25) is 0 Å². The highest BCUT2D eigenvalue weighted by Crippen LogP contribution is 2.28. The van der Waals surface area contributed by atoms with Crippen LogP contribution in [0.3, 0.4) is 0 Å². The SMILES string of the molecule is Cc1cccc(C(=O)Nc2ccc(C(F)(F)F)nc2)c1N. The number of carbonyl (C=O) groups excluding carboxylic acids is 1. The number of halogens is 3. The van der Waals surface area contributed by atoms with Gasteiger partial charge in [0.15, 0.2) is 0 Å². The predicted molar refractivity (Wildman–Crippen MR) is 72.8 cm³/mol. The van der Waals surface area contributed by atoms with Crippen molar-refractivity contribution in [2.45, 2.75) is 13.1 Å². The van der Waals surface area contributed by atoms with Crippen LogP contribution in [0.25, 0.3) is 0 Å². The van der Waals surface area contributed by atoms with Crippen molar-refractivity contribution in [3.63, 3.8) is 0 Å². The van der Waals surface area contributed by atoms with Gasteiger partial charge in [0.05, 0.1) is 17.4 Å². The highest BCUT2D eigenvalue weighted by atomic mass is 19.4. The van der Waals surface area contributed by atoms with E-state index in [-0.39, 0.29) is 11.3 Å². The molecule has 0 radical (unpaired) electrons. The van der Waals surface area contributed by atoms with Crippen LogP contribution >= 0.6 is 0 Å². The number of pyridine rings is 1. The summed E-state index contributed by atoms with van der Waals surface area (Å²) in [5, 5.41) is 2.46. The predicted octanol–water partition coefficient (Wildman–Crippen LogP) is 3.24. The number of hydrogen-bond donors (Lipinski definition) is 2. The van der Waals surface area contributed by atoms with Gasteiger partial charge in [0, 0.05) is 5.69 Å². The number of carbonyl (C=O) groups is 1. The summed E-state index contributed by atoms with van der Waals surface area (Å²) < 4.78 is 37.1. The number of aromatic nitrogens is 1. The number of nitrogen functional groups attached to an aromatic ring is 1. The second kappa shape index (κ2) is 5.43. The van der Waals surface area contributed by atoms with Gasteiger partial charge in [-0.05, 0) is 30.7 Å². The van der Waals surface area contributed by atoms with E-state index >= 15 is 0 Å². The average molecular weight is 295 g/mol. The molecular weight excluding hydrogens is 283 g/mol. The smallest absolute Gasteiger partial charge is 0.398 e. The molecule has 0 fully saturated rings. The highest BCUT2D eigenvalue weighted by Gasteiger charge is 2.32. The molecule has 2 aromatic rings. The Morgan fingerprint density at radius 2 is 1.95 bits per heavy atom. The highest BCUT2D eigenvalue weighted by molar-refractivity contribution is 6.08. The number of hydrogen-bond acceptors (Lipinski definition) is 3. The van der Waals surface area contributed by atoms with E-state index in [1.165, 1.54) is 6.07 Å². The zero-order chi connectivity index (χ0) is 15.6. The molecule has 0 saturated heterocycles. The summed E-state index contributed by atoms with van der Waals surface area (Å²) in [4.78, 5) is 15.3. The third kappa shape index (κ3) is 3.31. The average Bonchev–Trinajstić information content (AvgIpc) is 2.41. The van der Waals surface area contributed by atoms with Gasteiger partial charge < -0.3 is 11.1 Å². The van der Waals surface area contributed by atoms with Crippen molar-refractivity contribution >= 4 is 17.3 Å². The topological polar surface area (TPSA) is 68.0 Å². The monoisotopic (exact) mass is 295 g/mol. The van der Waals surface area contributed by atoms with E-state index in [1.807, 2.05) is 0 Å². The number of para-hydroxylation sites is 1. The zero-order valence-electron chi connectivity index (χ0n) is 11.0. The molecule has 110 valence electrons. The summed E-state index contributed by atoms with van der Waals surface area (Å²) in [6.45, 7) is 1.76. The third-order valence-corrected chi connectivity index (χ3v) is 2.88. The number of rotatable bonds is 2. The first-order valence-electron chi connectivity index (χ1n) is 5.98. The molecule has 1 heterocycles. The maximum Gasteiger partial charge on any atom is 0.433 e. The summed E-state index contributed by atoms with van der Waals surface area (Å²) in [6.07, 6.45) is -3.56. The molecule has 0 unspecified atom stereocenters. The summed E-state index contributed by atoms with van der Waals surface area (Å²) >= 11 is 0. The number of nitrogens with one attached hydrogen (secondary N) is 1. The van der Waals surface area contributed by atoms with Crippen LogP contribution in [0, 0.1) is 6.92 Å². The van der Waals surface area contributed by atoms with E-state index in [0.717, 1.165) is 23.9 Å². The molecule has 0 saturated carbocycles. The van der Waals surface area contributed by atoms with Gasteiger partial charge in [-0.3, -0.25) is 4.79 Å². The second-order valence-electron chi connectivity index (χ2n) is 4.42. The fraction of sp³-hybridized carbons (Fsp3) is 0.143. The molecule has 4 nitrogen and oxygen atoms in total. The van der Waals surface area contributed by atoms with Gasteiger partial charge in [-0.15, -0.1) is 0 Å². The lowest BCUT2D eigenvalue weighted by Gasteiger charge is -2.10. The Labute approximate surface area is 118 Å². The second-order valence-corrected chi connectivity index (χ2v) is 4.42. The van der Waals surface area contributed by atoms with E-state index in [9.17, 15) is 18.0 Å². The molecule has 0 spiro atoms. The minimum absolute atomic E-state index is 0.161. The number of nitrogens with two attached hydrogens (primary N) is 1. The quantitative estimate of drug-likeness (QED) is 0.836. The van der Waals surface area contributed by atoms with Crippen LogP contribution in [0.15, 0.2) is 36.5 Å². The van der Waals surface area contributed by atoms with Crippen LogP contribution in [0.5, 0.6) is 0 Å². The fourth-order valence-corrected chi connectivity index (χ4v) is 1.71. The molecule has 0 aliphatic heterocycles. The van der Waals surface area contributed by atoms with Crippen molar-refractivity contribution < 1.29 is 18.0 Å². The van der Waals surface area contributed by atoms with Crippen LogP contribution in [0.4, 0.5) is 24.5 Å². The van der Waals surface area contributed by atoms with Gasteiger partial charge in [-0.25, -0.2) is 4.98 Å².